The van der Waals surface area contributed by atoms with Crippen LogP contribution in [0.5, 0.6) is 0 Å². The summed E-state index contributed by atoms with van der Waals surface area (Å²) in [7, 11) is 1.57. The summed E-state index contributed by atoms with van der Waals surface area (Å²) in [5, 5.41) is 2.29. The van der Waals surface area contributed by atoms with E-state index in [9.17, 15) is 14.4 Å². The summed E-state index contributed by atoms with van der Waals surface area (Å²) in [6.07, 6.45) is 2.85. The van der Waals surface area contributed by atoms with E-state index in [0.717, 1.165) is 19.6 Å². The summed E-state index contributed by atoms with van der Waals surface area (Å²) >= 11 is 1.18. The summed E-state index contributed by atoms with van der Waals surface area (Å²) in [5.41, 5.74) is 13.2. The molecule has 1 saturated heterocycles. The highest BCUT2D eigenvalue weighted by Crippen LogP contribution is 2.24. The molecule has 10 nitrogen and oxygen atoms in total. The van der Waals surface area contributed by atoms with Gasteiger partial charge in [-0.25, -0.2) is 0 Å². The second-order valence-corrected chi connectivity index (χ2v) is 9.01. The fourth-order valence-corrected chi connectivity index (χ4v) is 4.73. The zero-order valence-electron chi connectivity index (χ0n) is 19.8. The predicted octanol–water partition coefficient (Wildman–Crippen LogP) is 1.07. The third-order valence-electron chi connectivity index (χ3n) is 5.59. The van der Waals surface area contributed by atoms with Crippen molar-refractivity contribution in [1.29, 1.82) is 0 Å². The Morgan fingerprint density at radius 1 is 1.21 bits per heavy atom. The number of nitrogens with zero attached hydrogens (tertiary/aromatic N) is 3. The highest BCUT2D eigenvalue weighted by atomic mass is 32.2. The van der Waals surface area contributed by atoms with Crippen molar-refractivity contribution in [2.24, 2.45) is 11.5 Å². The van der Waals surface area contributed by atoms with E-state index in [-0.39, 0.29) is 24.4 Å². The molecule has 2 atom stereocenters. The van der Waals surface area contributed by atoms with Gasteiger partial charge in [-0.15, -0.1) is 0 Å². The van der Waals surface area contributed by atoms with E-state index in [2.05, 4.69) is 14.9 Å². The van der Waals surface area contributed by atoms with Gasteiger partial charge in [0.05, 0.1) is 6.67 Å². The molecule has 184 valence electrons. The van der Waals surface area contributed by atoms with Gasteiger partial charge in [-0.3, -0.25) is 14.4 Å². The number of carbonyl (C=O) groups excluding carboxylic acids is 3. The minimum Gasteiger partial charge on any atom is -0.332 e. The molecule has 1 heterocycles. The van der Waals surface area contributed by atoms with Crippen LogP contribution >= 0.6 is 11.9 Å². The number of hydrogen-bond donors (Lipinski definition) is 4. The number of anilines is 2. The molecular weight excluding hydrogens is 442 g/mol. The van der Waals surface area contributed by atoms with Crippen LogP contribution in [0.1, 0.15) is 33.1 Å². The third kappa shape index (κ3) is 8.18. The number of amides is 3. The summed E-state index contributed by atoms with van der Waals surface area (Å²) < 4.78 is 3.18. The normalized spacial score (nSPS) is 15.5. The monoisotopic (exact) mass is 479 g/mol. The van der Waals surface area contributed by atoms with Crippen LogP contribution < -0.4 is 21.5 Å². The summed E-state index contributed by atoms with van der Waals surface area (Å²) in [6, 6.07) is 6.33. The van der Waals surface area contributed by atoms with Crippen LogP contribution in [0.15, 0.2) is 24.3 Å². The molecule has 1 fully saturated rings. The first-order valence-electron chi connectivity index (χ1n) is 11.3. The zero-order valence-corrected chi connectivity index (χ0v) is 20.6. The molecule has 0 aliphatic carbocycles. The molecule has 0 bridgehead atoms. The first-order valence-corrected chi connectivity index (χ1v) is 12.2. The lowest BCUT2D eigenvalue weighted by Gasteiger charge is -2.34. The van der Waals surface area contributed by atoms with Crippen LogP contribution in [0.3, 0.4) is 0 Å². The largest absolute Gasteiger partial charge is 0.332 e. The summed E-state index contributed by atoms with van der Waals surface area (Å²) in [5.74, 6) is -0.569. The maximum absolute atomic E-state index is 12.6. The Morgan fingerprint density at radius 2 is 1.88 bits per heavy atom. The highest BCUT2D eigenvalue weighted by Gasteiger charge is 2.33. The number of benzene rings is 1. The Hall–Kier alpha value is -2.34. The fourth-order valence-electron chi connectivity index (χ4n) is 3.66. The molecule has 0 spiro atoms. The average molecular weight is 480 g/mol. The minimum absolute atomic E-state index is 0.0308. The fraction of sp³-hybridized carbons (Fsp3) is 0.591. The number of rotatable bonds is 12. The van der Waals surface area contributed by atoms with E-state index in [1.165, 1.54) is 41.5 Å². The molecule has 11 heteroatoms. The number of likely N-dealkylation sites (tertiary alicyclic amines) is 1. The lowest BCUT2D eigenvalue weighted by molar-refractivity contribution is -0.134. The molecule has 0 radical (unpaired) electrons. The third-order valence-corrected chi connectivity index (χ3v) is 6.74. The molecule has 6 N–H and O–H groups in total. The van der Waals surface area contributed by atoms with Gasteiger partial charge in [0, 0.05) is 44.9 Å². The first kappa shape index (κ1) is 26.9. The van der Waals surface area contributed by atoms with Crippen LogP contribution in [0, 0.1) is 0 Å². The zero-order chi connectivity index (χ0) is 24.4. The highest BCUT2D eigenvalue weighted by molar-refractivity contribution is 8.01. The van der Waals surface area contributed by atoms with Crippen molar-refractivity contribution in [2.75, 3.05) is 49.9 Å². The van der Waals surface area contributed by atoms with Crippen LogP contribution in [-0.4, -0.2) is 83.7 Å². The number of carbonyl (C=O) groups is 3. The molecule has 0 aromatic heterocycles. The first-order chi connectivity index (χ1) is 15.8. The van der Waals surface area contributed by atoms with Gasteiger partial charge in [0.2, 0.25) is 17.7 Å². The molecule has 1 unspecified atom stereocenters. The van der Waals surface area contributed by atoms with Gasteiger partial charge in [-0.05, 0) is 63.0 Å². The standard InChI is InChI=1S/C22H37N7O3S/c1-4-29(16(2)30)22(20(24)21(32)27(3)15-23)33-26-18-9-7-8-17(14-18)25-19(31)10-13-28-11-5-6-12-28/h7-9,14,20,22,26H,4-6,10-13,15,23-24H2,1-3H3,(H,25,31)/t20-,22?/m1/s1. The molecule has 3 amide bonds. The van der Waals surface area contributed by atoms with Gasteiger partial charge >= 0.3 is 0 Å². The second-order valence-electron chi connectivity index (χ2n) is 8.09. The van der Waals surface area contributed by atoms with Gasteiger partial charge in [0.25, 0.3) is 0 Å². The van der Waals surface area contributed by atoms with Crippen molar-refractivity contribution < 1.29 is 14.4 Å². The quantitative estimate of drug-likeness (QED) is 0.258. The van der Waals surface area contributed by atoms with Crippen molar-refractivity contribution in [3.8, 4) is 0 Å². The van der Waals surface area contributed by atoms with Crippen molar-refractivity contribution >= 4 is 41.0 Å². The molecule has 0 saturated carbocycles. The smallest absolute Gasteiger partial charge is 0.243 e. The lowest BCUT2D eigenvalue weighted by atomic mass is 10.2. The molecule has 1 aliphatic heterocycles. The number of nitrogens with two attached hydrogens (primary N) is 2. The second kappa shape index (κ2) is 13.4. The number of likely N-dealkylation sites (N-methyl/N-ethyl adjacent to an activating group) is 2. The number of nitrogens with one attached hydrogen (secondary N) is 2. The van der Waals surface area contributed by atoms with E-state index in [0.29, 0.717) is 24.3 Å². The molecule has 1 aromatic rings. The van der Waals surface area contributed by atoms with Crippen molar-refractivity contribution in [1.82, 2.24) is 14.7 Å². The van der Waals surface area contributed by atoms with Crippen LogP contribution in [-0.2, 0) is 14.4 Å². The van der Waals surface area contributed by atoms with Gasteiger partial charge < -0.3 is 36.2 Å². The Morgan fingerprint density at radius 3 is 2.48 bits per heavy atom. The van der Waals surface area contributed by atoms with Gasteiger partial charge in [-0.1, -0.05) is 6.07 Å². The maximum atomic E-state index is 12.6. The Kier molecular flexibility index (Phi) is 10.9. The van der Waals surface area contributed by atoms with Crippen LogP contribution in [0.2, 0.25) is 0 Å². The van der Waals surface area contributed by atoms with E-state index in [1.807, 2.05) is 25.1 Å². The lowest BCUT2D eigenvalue weighted by Crippen LogP contribution is -2.56. The predicted molar refractivity (Wildman–Crippen MR) is 133 cm³/mol. The van der Waals surface area contributed by atoms with Crippen LogP contribution in [0.4, 0.5) is 11.4 Å². The molecule has 33 heavy (non-hydrogen) atoms. The Balaban J connectivity index is 2.01. The maximum Gasteiger partial charge on any atom is 0.243 e. The van der Waals surface area contributed by atoms with Crippen molar-refractivity contribution in [3.05, 3.63) is 24.3 Å². The summed E-state index contributed by atoms with van der Waals surface area (Å²) in [4.78, 5) is 42.2. The van der Waals surface area contributed by atoms with Gasteiger partial charge in [0.15, 0.2) is 0 Å². The van der Waals surface area contributed by atoms with E-state index < -0.39 is 11.4 Å². The molecule has 2 rings (SSSR count). The molecule has 1 aromatic carbocycles. The SMILES string of the molecule is CCN(C(C)=O)C(SNc1cccc(NC(=O)CCN2CCCC2)c1)[C@H](N)C(=O)N(C)CN. The topological polar surface area (TPSA) is 137 Å². The minimum atomic E-state index is -0.964. The van der Waals surface area contributed by atoms with E-state index in [4.69, 9.17) is 11.5 Å². The van der Waals surface area contributed by atoms with E-state index in [1.54, 1.807) is 13.1 Å². The Bertz CT molecular complexity index is 804. The number of hydrogen-bond acceptors (Lipinski definition) is 8. The van der Waals surface area contributed by atoms with Gasteiger partial charge in [-0.2, -0.15) is 0 Å². The van der Waals surface area contributed by atoms with Gasteiger partial charge in [0.1, 0.15) is 11.4 Å². The molecule has 1 aliphatic rings. The van der Waals surface area contributed by atoms with Crippen LogP contribution in [0.25, 0.3) is 0 Å². The van der Waals surface area contributed by atoms with Crippen molar-refractivity contribution in [3.63, 3.8) is 0 Å². The van der Waals surface area contributed by atoms with E-state index >= 15 is 0 Å². The molecular formula is C22H37N7O3S. The Labute approximate surface area is 200 Å². The average Bonchev–Trinajstić information content (AvgIpc) is 3.32. The van der Waals surface area contributed by atoms with Crippen molar-refractivity contribution in [2.45, 2.75) is 44.5 Å². The summed E-state index contributed by atoms with van der Waals surface area (Å²) in [6.45, 7) is 6.59.